The third-order valence-electron chi connectivity index (χ3n) is 4.78. The number of aliphatic hydroxyl groups excluding tert-OH is 5. The lowest BCUT2D eigenvalue weighted by atomic mass is 9.95. The van der Waals surface area contributed by atoms with Crippen molar-refractivity contribution >= 4 is 26.7 Å². The summed E-state index contributed by atoms with van der Waals surface area (Å²) in [5.74, 6) is -0.729. The molecule has 0 aromatic rings. The fraction of sp³-hybridized carbons (Fsp3) is 0.929. The molecule has 200 valence electrons. The number of rotatable bonds is 9. The molecule has 0 aliphatic carbocycles. The number of carbonyl (C=O) groups is 1. The Labute approximate surface area is 192 Å². The van der Waals surface area contributed by atoms with Crippen LogP contribution in [0.4, 0.5) is 0 Å². The molecular formula is C14H25NO17S2. The number of carbonyl (C=O) groups excluding carboxylic acids is 1. The number of nitrogens with one attached hydrogen (secondary N) is 1. The van der Waals surface area contributed by atoms with Crippen LogP contribution in [0.3, 0.4) is 0 Å². The molecule has 10 atom stereocenters. The number of hydrogen-bond donors (Lipinski definition) is 8. The molecule has 34 heavy (non-hydrogen) atoms. The summed E-state index contributed by atoms with van der Waals surface area (Å²) >= 11 is 0. The predicted molar refractivity (Wildman–Crippen MR) is 101 cm³/mol. The van der Waals surface area contributed by atoms with Crippen LogP contribution in [0, 0.1) is 0 Å². The zero-order valence-corrected chi connectivity index (χ0v) is 18.9. The molecule has 8 N–H and O–H groups in total. The van der Waals surface area contributed by atoms with Crippen LogP contribution in [0.1, 0.15) is 6.92 Å². The molecule has 0 aromatic carbocycles. The molecule has 1 amide bonds. The summed E-state index contributed by atoms with van der Waals surface area (Å²) in [5.41, 5.74) is 0. The Balaban J connectivity index is 2.27. The van der Waals surface area contributed by atoms with Crippen LogP contribution in [-0.4, -0.2) is 132 Å². The fourth-order valence-electron chi connectivity index (χ4n) is 3.26. The van der Waals surface area contributed by atoms with Gasteiger partial charge in [-0.2, -0.15) is 16.8 Å². The van der Waals surface area contributed by atoms with Gasteiger partial charge in [0.15, 0.2) is 12.6 Å². The summed E-state index contributed by atoms with van der Waals surface area (Å²) in [4.78, 5) is 11.4. The van der Waals surface area contributed by atoms with Crippen molar-refractivity contribution in [3.05, 3.63) is 0 Å². The number of amides is 1. The smallest absolute Gasteiger partial charge is 0.388 e. The molecule has 0 radical (unpaired) electrons. The number of aliphatic hydroxyl groups is 5. The summed E-state index contributed by atoms with van der Waals surface area (Å²) in [6, 6.07) is -1.56. The van der Waals surface area contributed by atoms with Gasteiger partial charge < -0.3 is 45.1 Å². The Hall–Kier alpha value is -1.11. The van der Waals surface area contributed by atoms with Crippen LogP contribution < -0.4 is 5.32 Å². The van der Waals surface area contributed by atoms with E-state index in [0.717, 1.165) is 6.92 Å². The summed E-state index contributed by atoms with van der Waals surface area (Å²) < 4.78 is 84.7. The fourth-order valence-corrected chi connectivity index (χ4v) is 3.87. The molecular weight excluding hydrogens is 518 g/mol. The van der Waals surface area contributed by atoms with Gasteiger partial charge in [0.2, 0.25) is 5.91 Å². The Morgan fingerprint density at radius 3 is 1.85 bits per heavy atom. The van der Waals surface area contributed by atoms with E-state index in [4.69, 9.17) is 23.3 Å². The zero-order valence-electron chi connectivity index (χ0n) is 17.2. The number of ether oxygens (including phenoxy) is 3. The van der Waals surface area contributed by atoms with Crippen LogP contribution in [0.5, 0.6) is 0 Å². The normalized spacial score (nSPS) is 39.5. The first-order valence-corrected chi connectivity index (χ1v) is 12.1. The molecule has 1 unspecified atom stereocenters. The lowest BCUT2D eigenvalue weighted by molar-refractivity contribution is -0.344. The predicted octanol–water partition coefficient (Wildman–Crippen LogP) is -5.60. The molecule has 18 nitrogen and oxygen atoms in total. The minimum atomic E-state index is -5.02. The first-order valence-electron chi connectivity index (χ1n) is 9.37. The van der Waals surface area contributed by atoms with Crippen molar-refractivity contribution in [3.63, 3.8) is 0 Å². The molecule has 2 saturated heterocycles. The van der Waals surface area contributed by atoms with E-state index in [1.807, 2.05) is 0 Å². The lowest BCUT2D eigenvalue weighted by Gasteiger charge is -2.46. The summed E-state index contributed by atoms with van der Waals surface area (Å²) in [6.07, 6.45) is -17.0. The van der Waals surface area contributed by atoms with E-state index >= 15 is 0 Å². The van der Waals surface area contributed by atoms with Gasteiger partial charge in [0.1, 0.15) is 48.8 Å². The average Bonchev–Trinajstić information content (AvgIpc) is 2.69. The zero-order chi connectivity index (χ0) is 26.0. The summed E-state index contributed by atoms with van der Waals surface area (Å²) in [5, 5.41) is 53.1. The Bertz CT molecular complexity index is 911. The SMILES string of the molecule is CC(=O)N[C@@H]1C(O)O[C@H](COS(=O)(=O)O)[C@@H](O[C@@H]2O[C@H](COS(=O)(=O)O)[C@H](O)[C@H](O)[C@H]2O)[C@@H]1O. The van der Waals surface area contributed by atoms with Crippen LogP contribution >= 0.6 is 0 Å². The van der Waals surface area contributed by atoms with Crippen molar-refractivity contribution < 1.29 is 78.8 Å². The lowest BCUT2D eigenvalue weighted by Crippen LogP contribution is -2.67. The molecule has 2 heterocycles. The van der Waals surface area contributed by atoms with Gasteiger partial charge >= 0.3 is 20.8 Å². The van der Waals surface area contributed by atoms with Crippen LogP contribution in [-0.2, 0) is 48.2 Å². The van der Waals surface area contributed by atoms with E-state index in [0.29, 0.717) is 0 Å². The molecule has 2 rings (SSSR count). The van der Waals surface area contributed by atoms with E-state index in [-0.39, 0.29) is 0 Å². The maximum atomic E-state index is 11.4. The monoisotopic (exact) mass is 543 g/mol. The molecule has 20 heteroatoms. The highest BCUT2D eigenvalue weighted by Gasteiger charge is 2.51. The summed E-state index contributed by atoms with van der Waals surface area (Å²) in [7, 11) is -10.0. The Morgan fingerprint density at radius 1 is 0.824 bits per heavy atom. The highest BCUT2D eigenvalue weighted by atomic mass is 32.3. The van der Waals surface area contributed by atoms with E-state index in [9.17, 15) is 47.2 Å². The quantitative estimate of drug-likeness (QED) is 0.126. The van der Waals surface area contributed by atoms with E-state index in [2.05, 4.69) is 13.7 Å². The van der Waals surface area contributed by atoms with Gasteiger partial charge in [-0.05, 0) is 0 Å². The maximum Gasteiger partial charge on any atom is 0.397 e. The van der Waals surface area contributed by atoms with Gasteiger partial charge in [0.25, 0.3) is 0 Å². The topological polar surface area (TPSA) is 285 Å². The minimum absolute atomic E-state index is 0.729. The van der Waals surface area contributed by atoms with Gasteiger partial charge in [0, 0.05) is 6.92 Å². The minimum Gasteiger partial charge on any atom is -0.388 e. The first-order chi connectivity index (χ1) is 15.5. The van der Waals surface area contributed by atoms with Crippen molar-refractivity contribution in [2.75, 3.05) is 13.2 Å². The second-order valence-electron chi connectivity index (χ2n) is 7.32. The Kier molecular flexibility index (Phi) is 9.68. The molecule has 0 saturated carbocycles. The highest BCUT2D eigenvalue weighted by molar-refractivity contribution is 7.81. The van der Waals surface area contributed by atoms with E-state index < -0.39 is 101 Å². The standard InChI is InChI=1S/C14H25NO17S2/c1-4(16)15-7-9(18)12(6(30-13(7)21)3-29-34(25,26)27)32-14-11(20)10(19)8(17)5(31-14)2-28-33(22,23)24/h5-14,17-21H,2-3H2,1H3,(H,15,16)(H,22,23,24)(H,25,26,27)/t5-,6-,7+,8+,9-,10+,11-,12-,13?,14+/m1/s1. The van der Waals surface area contributed by atoms with Crippen molar-refractivity contribution in [2.24, 2.45) is 0 Å². The molecule has 2 fully saturated rings. The van der Waals surface area contributed by atoms with Crippen LogP contribution in [0.25, 0.3) is 0 Å². The van der Waals surface area contributed by atoms with Gasteiger partial charge in [-0.3, -0.25) is 13.9 Å². The van der Waals surface area contributed by atoms with Gasteiger partial charge in [0.05, 0.1) is 13.2 Å². The van der Waals surface area contributed by atoms with Gasteiger partial charge in [-0.1, -0.05) is 0 Å². The van der Waals surface area contributed by atoms with Crippen LogP contribution in [0.2, 0.25) is 0 Å². The molecule has 2 aliphatic heterocycles. The molecule has 2 aliphatic rings. The van der Waals surface area contributed by atoms with Gasteiger partial charge in [-0.25, -0.2) is 8.37 Å². The highest BCUT2D eigenvalue weighted by Crippen LogP contribution is 2.29. The second kappa shape index (κ2) is 11.3. The second-order valence-corrected chi connectivity index (χ2v) is 9.50. The molecule has 0 bridgehead atoms. The Morgan fingerprint density at radius 2 is 1.35 bits per heavy atom. The average molecular weight is 543 g/mol. The molecule has 0 spiro atoms. The van der Waals surface area contributed by atoms with Crippen molar-refractivity contribution in [1.82, 2.24) is 5.32 Å². The van der Waals surface area contributed by atoms with Gasteiger partial charge in [-0.15, -0.1) is 0 Å². The van der Waals surface area contributed by atoms with Crippen molar-refractivity contribution in [3.8, 4) is 0 Å². The third-order valence-corrected chi connectivity index (χ3v) is 5.65. The maximum absolute atomic E-state index is 11.4. The van der Waals surface area contributed by atoms with Crippen molar-refractivity contribution in [1.29, 1.82) is 0 Å². The van der Waals surface area contributed by atoms with Crippen molar-refractivity contribution in [2.45, 2.75) is 68.3 Å². The third kappa shape index (κ3) is 7.96. The van der Waals surface area contributed by atoms with E-state index in [1.165, 1.54) is 0 Å². The van der Waals surface area contributed by atoms with Crippen LogP contribution in [0.15, 0.2) is 0 Å². The number of hydrogen-bond acceptors (Lipinski definition) is 15. The summed E-state index contributed by atoms with van der Waals surface area (Å²) in [6.45, 7) is -1.06. The molecule has 0 aromatic heterocycles. The largest absolute Gasteiger partial charge is 0.397 e. The first kappa shape index (κ1) is 29.1. The van der Waals surface area contributed by atoms with E-state index in [1.54, 1.807) is 0 Å².